The van der Waals surface area contributed by atoms with Gasteiger partial charge in [-0.3, -0.25) is 4.79 Å². The zero-order chi connectivity index (χ0) is 28.8. The second-order valence-corrected chi connectivity index (χ2v) is 5.88. The summed E-state index contributed by atoms with van der Waals surface area (Å²) in [5.41, 5.74) is 8.32. The maximum absolute atomic E-state index is 11.7. The molecule has 0 aromatic heterocycles. The van der Waals surface area contributed by atoms with E-state index in [4.69, 9.17) is 0 Å². The molecule has 0 radical (unpaired) electrons. The number of hydrogen-bond acceptors (Lipinski definition) is 2. The van der Waals surface area contributed by atoms with E-state index in [1.54, 1.807) is 26.0 Å². The predicted molar refractivity (Wildman–Crippen MR) is 155 cm³/mol. The molecule has 0 fully saturated rings. The van der Waals surface area contributed by atoms with Crippen LogP contribution in [0.2, 0.25) is 0 Å². The van der Waals surface area contributed by atoms with Crippen molar-refractivity contribution in [1.29, 1.82) is 0 Å². The molecule has 1 N–H and O–H groups in total. The van der Waals surface area contributed by atoms with E-state index >= 15 is 0 Å². The Balaban J connectivity index is 6.71. The Hall–Kier alpha value is -7.01. The Morgan fingerprint density at radius 2 is 1.26 bits per heavy atom. The number of rotatable bonds is 3. The minimum absolute atomic E-state index is 0.217. The van der Waals surface area contributed by atoms with Crippen LogP contribution in [0.1, 0.15) is 27.7 Å². The van der Waals surface area contributed by atoms with Gasteiger partial charge in [0.05, 0.1) is 5.70 Å². The smallest absolute Gasteiger partial charge is 0.221 e. The Bertz CT molecular complexity index is 1870. The number of hydrogen-bond donors (Lipinski definition) is 1. The fourth-order valence-corrected chi connectivity index (χ4v) is 1.71. The van der Waals surface area contributed by atoms with Gasteiger partial charge < -0.3 is 5.32 Å². The molecule has 1 amide bonds. The lowest BCUT2D eigenvalue weighted by molar-refractivity contribution is -0.118. The predicted octanol–water partition coefficient (Wildman–Crippen LogP) is 2.86. The Morgan fingerprint density at radius 3 is 1.77 bits per heavy atom. The molecule has 3 nitrogen and oxygen atoms in total. The van der Waals surface area contributed by atoms with E-state index in [1.807, 2.05) is 6.92 Å². The van der Waals surface area contributed by atoms with Gasteiger partial charge in [-0.2, -0.15) is 0 Å². The number of amides is 1. The molecule has 39 heavy (non-hydrogen) atoms. The molecule has 0 bridgehead atoms. The largest absolute Gasteiger partial charge is 0.319 e. The molecule has 0 saturated carbocycles. The molecule has 0 spiro atoms. The molecule has 0 unspecified atom stereocenters. The average molecular weight is 495 g/mol. The maximum Gasteiger partial charge on any atom is 0.221 e. The maximum atomic E-state index is 11.7. The first-order valence-corrected chi connectivity index (χ1v) is 10.8. The van der Waals surface area contributed by atoms with Crippen LogP contribution in [0.15, 0.2) is 53.4 Å². The van der Waals surface area contributed by atoms with Gasteiger partial charge in [-0.1, -0.05) is 29.6 Å². The van der Waals surface area contributed by atoms with Gasteiger partial charge in [-0.25, -0.2) is 4.90 Å². The first kappa shape index (κ1) is 32.0. The first-order valence-electron chi connectivity index (χ1n) is 10.8. The topological polar surface area (TPSA) is 32.3 Å². The normalized spacial score (nSPS) is 6.72. The quantitative estimate of drug-likeness (QED) is 0.283. The summed E-state index contributed by atoms with van der Waals surface area (Å²) in [5.74, 6) is 51.7. The number of carbonyl (C=O) groups is 1. The molecule has 0 aliphatic carbocycles. The highest BCUT2D eigenvalue weighted by Crippen LogP contribution is 2.05. The highest BCUT2D eigenvalue weighted by atomic mass is 16.1. The lowest BCUT2D eigenvalue weighted by Gasteiger charge is -2.08. The van der Waals surface area contributed by atoms with Gasteiger partial charge in [-0.05, 0) is 104 Å². The van der Waals surface area contributed by atoms with Crippen LogP contribution >= 0.6 is 0 Å². The van der Waals surface area contributed by atoms with E-state index in [1.165, 1.54) is 17.9 Å². The molecule has 3 heteroatoms. The van der Waals surface area contributed by atoms with Crippen LogP contribution in [0.4, 0.5) is 0 Å². The van der Waals surface area contributed by atoms with E-state index in [0.717, 1.165) is 0 Å². The number of nitrogens with zero attached hydrogens (tertiary/aromatic N) is 1. The number of carbonyl (C=O) groups excluding carboxylic acids is 1. The van der Waals surface area contributed by atoms with Crippen molar-refractivity contribution in [3.8, 4) is 130 Å². The number of allylic oxidation sites excluding steroid dienone is 4. The summed E-state index contributed by atoms with van der Waals surface area (Å²) in [6.45, 7) is 9.99. The van der Waals surface area contributed by atoms with Crippen molar-refractivity contribution in [2.75, 3.05) is 0 Å². The third-order valence-electron chi connectivity index (χ3n) is 3.03. The van der Waals surface area contributed by atoms with Gasteiger partial charge in [0.15, 0.2) is 0 Å². The zero-order valence-corrected chi connectivity index (χ0v) is 21.8. The molecule has 0 saturated heterocycles. The second kappa shape index (κ2) is 24.1. The van der Waals surface area contributed by atoms with Crippen LogP contribution < -0.4 is 5.32 Å². The van der Waals surface area contributed by atoms with E-state index in [2.05, 4.69) is 160 Å². The van der Waals surface area contributed by atoms with Crippen molar-refractivity contribution in [3.05, 3.63) is 53.4 Å². The summed E-state index contributed by atoms with van der Waals surface area (Å²) in [7, 11) is 0. The Kier molecular flexibility index (Phi) is 19.8. The van der Waals surface area contributed by atoms with Crippen LogP contribution in [0.3, 0.4) is 0 Å². The highest BCUT2D eigenvalue weighted by Gasteiger charge is 2.05. The van der Waals surface area contributed by atoms with Crippen molar-refractivity contribution in [2.24, 2.45) is 0 Å². The minimum Gasteiger partial charge on any atom is -0.319 e. The summed E-state index contributed by atoms with van der Waals surface area (Å²) in [4.78, 5) is 12.9. The third kappa shape index (κ3) is 20.1. The molecule has 178 valence electrons. The minimum atomic E-state index is -0.342. The Morgan fingerprint density at radius 1 is 0.744 bits per heavy atom. The molecule has 0 aromatic carbocycles. The van der Waals surface area contributed by atoms with Gasteiger partial charge >= 0.3 is 0 Å². The molecular formula is C36H18N2O. The first-order chi connectivity index (χ1) is 19.1. The lowest BCUT2D eigenvalue weighted by Crippen LogP contribution is -2.19. The summed E-state index contributed by atoms with van der Waals surface area (Å²) in [5, 5.41) is 2.61. The second-order valence-electron chi connectivity index (χ2n) is 5.88. The van der Waals surface area contributed by atoms with Crippen molar-refractivity contribution in [3.63, 3.8) is 0 Å². The van der Waals surface area contributed by atoms with Gasteiger partial charge in [0.2, 0.25) is 5.91 Å². The molecule has 0 atom stereocenters. The highest BCUT2D eigenvalue weighted by molar-refractivity contribution is 5.76. The zero-order valence-electron chi connectivity index (χ0n) is 21.8. The van der Waals surface area contributed by atoms with E-state index in [-0.39, 0.29) is 17.3 Å². The van der Waals surface area contributed by atoms with Crippen molar-refractivity contribution >= 4 is 5.91 Å². The molecule has 0 aliphatic rings. The summed E-state index contributed by atoms with van der Waals surface area (Å²) < 4.78 is 0. The van der Waals surface area contributed by atoms with Crippen molar-refractivity contribution < 1.29 is 4.79 Å². The monoisotopic (exact) mass is 494 g/mol. The van der Waals surface area contributed by atoms with Crippen LogP contribution in [0.25, 0.3) is 0 Å². The summed E-state index contributed by atoms with van der Waals surface area (Å²) in [6, 6.07) is 5.50. The summed E-state index contributed by atoms with van der Waals surface area (Å²) in [6.07, 6.45) is 4.94. The summed E-state index contributed by atoms with van der Waals surface area (Å²) >= 11 is 0. The van der Waals surface area contributed by atoms with E-state index in [9.17, 15) is 4.79 Å². The van der Waals surface area contributed by atoms with Gasteiger partial charge in [0, 0.05) is 66.5 Å². The molecular weight excluding hydrogens is 476 g/mol. The van der Waals surface area contributed by atoms with Crippen LogP contribution in [-0.2, 0) is 4.79 Å². The molecule has 0 aromatic rings. The molecule has 0 rings (SSSR count). The third-order valence-corrected chi connectivity index (χ3v) is 3.03. The van der Waals surface area contributed by atoms with Gasteiger partial charge in [0.25, 0.3) is 0 Å². The number of nitrogens with one attached hydrogen (secondary N) is 1. The fourth-order valence-electron chi connectivity index (χ4n) is 1.71. The van der Waals surface area contributed by atoms with E-state index in [0.29, 0.717) is 0 Å². The lowest BCUT2D eigenvalue weighted by atomic mass is 10.3. The van der Waals surface area contributed by atoms with Crippen molar-refractivity contribution in [1.82, 2.24) is 10.2 Å². The van der Waals surface area contributed by atoms with Crippen LogP contribution in [-0.4, -0.2) is 10.8 Å². The van der Waals surface area contributed by atoms with Gasteiger partial charge in [-0.15, -0.1) is 0 Å². The van der Waals surface area contributed by atoms with Gasteiger partial charge in [0.1, 0.15) is 5.70 Å². The van der Waals surface area contributed by atoms with E-state index < -0.39 is 0 Å². The standard InChI is InChI=1S/C36H18N2O/c1-6-10-14-16-18-20-22-24-27-31-38(32-28-25-23-21-19-17-15-11-7-2)36(30-13-9-4)33-35(37-34(5)39)29-26-12-8-3/h6,10,33H,4H2,1-3,5H3,(H,37,39). The fraction of sp³-hybridized carbons (Fsp3) is 0.111. The van der Waals surface area contributed by atoms with Crippen LogP contribution in [0, 0.1) is 130 Å². The SMILES string of the molecule is C=C=C=C=C(C=C(C#CC#CC)NC(C)=O)N(C#CC#CC#CC#CC#CC)C#CC#CC#CC#CC=CC. The van der Waals surface area contributed by atoms with Crippen LogP contribution in [0.5, 0.6) is 0 Å². The molecule has 0 aliphatic heterocycles. The Labute approximate surface area is 232 Å². The molecule has 0 heterocycles. The van der Waals surface area contributed by atoms with Crippen molar-refractivity contribution in [2.45, 2.75) is 27.7 Å². The average Bonchev–Trinajstić information content (AvgIpc) is 2.92.